The van der Waals surface area contributed by atoms with Gasteiger partial charge in [-0.15, -0.1) is 0 Å². The van der Waals surface area contributed by atoms with Gasteiger partial charge in [0.25, 0.3) is 0 Å². The van der Waals surface area contributed by atoms with Gasteiger partial charge in [0.05, 0.1) is 12.6 Å². The van der Waals surface area contributed by atoms with E-state index in [-0.39, 0.29) is 18.0 Å². The maximum atomic E-state index is 11.9. The molecule has 0 aromatic rings. The van der Waals surface area contributed by atoms with Crippen molar-refractivity contribution in [2.75, 3.05) is 20.3 Å². The summed E-state index contributed by atoms with van der Waals surface area (Å²) in [6, 6.07) is 0.187. The van der Waals surface area contributed by atoms with Crippen LogP contribution in [0.3, 0.4) is 0 Å². The molecule has 1 aliphatic carbocycles. The third-order valence-corrected chi connectivity index (χ3v) is 3.63. The average molecular weight is 212 g/mol. The van der Waals surface area contributed by atoms with Crippen molar-refractivity contribution >= 4 is 5.91 Å². The van der Waals surface area contributed by atoms with Gasteiger partial charge in [0, 0.05) is 25.6 Å². The molecule has 1 aliphatic heterocycles. The summed E-state index contributed by atoms with van der Waals surface area (Å²) < 4.78 is 5.02. The van der Waals surface area contributed by atoms with Crippen LogP contribution in [0.25, 0.3) is 0 Å². The van der Waals surface area contributed by atoms with Gasteiger partial charge in [-0.25, -0.2) is 0 Å². The monoisotopic (exact) mass is 212 g/mol. The highest BCUT2D eigenvalue weighted by Gasteiger charge is 2.46. The standard InChI is InChI=1S/C11H20N2O2/c1-7-5-8(7)11(14)13-4-3-10(13)9(12)6-15-2/h7-10H,3-6,12H2,1-2H3/t7-,8+,9-,10?/m0/s1. The maximum absolute atomic E-state index is 11.9. The molecular formula is C11H20N2O2. The number of likely N-dealkylation sites (tertiary alicyclic amines) is 1. The molecule has 2 N–H and O–H groups in total. The van der Waals surface area contributed by atoms with E-state index in [2.05, 4.69) is 6.92 Å². The van der Waals surface area contributed by atoms with E-state index in [0.717, 1.165) is 19.4 Å². The van der Waals surface area contributed by atoms with Crippen molar-refractivity contribution < 1.29 is 9.53 Å². The highest BCUT2D eigenvalue weighted by molar-refractivity contribution is 5.82. The normalized spacial score (nSPS) is 35.9. The van der Waals surface area contributed by atoms with Gasteiger partial charge < -0.3 is 15.4 Å². The van der Waals surface area contributed by atoms with Crippen molar-refractivity contribution in [2.45, 2.75) is 31.8 Å². The lowest BCUT2D eigenvalue weighted by molar-refractivity contribution is -0.142. The topological polar surface area (TPSA) is 55.6 Å². The molecule has 0 radical (unpaired) electrons. The Bertz CT molecular complexity index is 257. The highest BCUT2D eigenvalue weighted by atomic mass is 16.5. The summed E-state index contributed by atoms with van der Waals surface area (Å²) in [5.41, 5.74) is 5.95. The lowest BCUT2D eigenvalue weighted by Gasteiger charge is -2.44. The molecule has 4 heteroatoms. The van der Waals surface area contributed by atoms with Crippen molar-refractivity contribution in [3.63, 3.8) is 0 Å². The van der Waals surface area contributed by atoms with E-state index >= 15 is 0 Å². The number of hydrogen-bond acceptors (Lipinski definition) is 3. The molecule has 0 spiro atoms. The zero-order valence-electron chi connectivity index (χ0n) is 9.48. The smallest absolute Gasteiger partial charge is 0.226 e. The summed E-state index contributed by atoms with van der Waals surface area (Å²) in [5.74, 6) is 1.17. The molecule has 1 heterocycles. The molecule has 1 saturated heterocycles. The summed E-state index contributed by atoms with van der Waals surface area (Å²) in [4.78, 5) is 13.9. The molecule has 15 heavy (non-hydrogen) atoms. The molecule has 2 rings (SSSR count). The van der Waals surface area contributed by atoms with Crippen LogP contribution >= 0.6 is 0 Å². The van der Waals surface area contributed by atoms with Crippen molar-refractivity contribution in [1.82, 2.24) is 4.90 Å². The van der Waals surface area contributed by atoms with Gasteiger partial charge >= 0.3 is 0 Å². The molecule has 0 aromatic carbocycles. The average Bonchev–Trinajstić information content (AvgIpc) is 2.80. The number of ether oxygens (including phenoxy) is 1. The maximum Gasteiger partial charge on any atom is 0.226 e. The SMILES string of the molecule is COC[C@H](N)C1CCN1C(=O)[C@@H]1C[C@@H]1C. The first-order valence-electron chi connectivity index (χ1n) is 5.70. The number of rotatable bonds is 4. The van der Waals surface area contributed by atoms with Crippen molar-refractivity contribution in [1.29, 1.82) is 0 Å². The summed E-state index contributed by atoms with van der Waals surface area (Å²) in [6.45, 7) is 3.55. The Morgan fingerprint density at radius 3 is 2.73 bits per heavy atom. The van der Waals surface area contributed by atoms with E-state index in [9.17, 15) is 4.79 Å². The molecule has 1 amide bonds. The lowest BCUT2D eigenvalue weighted by atomic mass is 9.95. The van der Waals surface area contributed by atoms with Crippen LogP contribution in [0.5, 0.6) is 0 Å². The number of methoxy groups -OCH3 is 1. The zero-order valence-corrected chi connectivity index (χ0v) is 9.48. The van der Waals surface area contributed by atoms with Crippen molar-refractivity contribution in [3.8, 4) is 0 Å². The van der Waals surface area contributed by atoms with Crippen molar-refractivity contribution in [3.05, 3.63) is 0 Å². The molecule has 86 valence electrons. The fourth-order valence-corrected chi connectivity index (χ4v) is 2.31. The third-order valence-electron chi connectivity index (χ3n) is 3.63. The number of nitrogens with zero attached hydrogens (tertiary/aromatic N) is 1. The molecule has 4 nitrogen and oxygen atoms in total. The number of carbonyl (C=O) groups excluding carboxylic acids is 1. The molecule has 1 unspecified atom stereocenters. The minimum atomic E-state index is -0.0262. The minimum absolute atomic E-state index is 0.0262. The molecule has 0 bridgehead atoms. The minimum Gasteiger partial charge on any atom is -0.383 e. The predicted molar refractivity (Wildman–Crippen MR) is 57.2 cm³/mol. The van der Waals surface area contributed by atoms with Gasteiger partial charge in [-0.2, -0.15) is 0 Å². The molecule has 0 aromatic heterocycles. The van der Waals surface area contributed by atoms with E-state index in [1.165, 1.54) is 0 Å². The van der Waals surface area contributed by atoms with Gasteiger partial charge in [-0.3, -0.25) is 4.79 Å². The van der Waals surface area contributed by atoms with Crippen LogP contribution < -0.4 is 5.73 Å². The number of nitrogens with two attached hydrogens (primary N) is 1. The van der Waals surface area contributed by atoms with Gasteiger partial charge in [-0.05, 0) is 18.8 Å². The first-order chi connectivity index (χ1) is 7.15. The van der Waals surface area contributed by atoms with Gasteiger partial charge in [0.2, 0.25) is 5.91 Å². The van der Waals surface area contributed by atoms with E-state index < -0.39 is 0 Å². The van der Waals surface area contributed by atoms with Crippen LogP contribution in [0.15, 0.2) is 0 Å². The zero-order chi connectivity index (χ0) is 11.0. The van der Waals surface area contributed by atoms with E-state index in [1.807, 2.05) is 4.90 Å². The number of carbonyl (C=O) groups is 1. The number of amides is 1. The second-order valence-corrected chi connectivity index (χ2v) is 4.83. The second kappa shape index (κ2) is 4.10. The Morgan fingerprint density at radius 2 is 2.33 bits per heavy atom. The predicted octanol–water partition coefficient (Wildman–Crippen LogP) is 0.217. The van der Waals surface area contributed by atoms with Crippen LogP contribution in [0.1, 0.15) is 19.8 Å². The Labute approximate surface area is 90.8 Å². The Kier molecular flexibility index (Phi) is 2.98. The van der Waals surface area contributed by atoms with Gasteiger partial charge in [-0.1, -0.05) is 6.92 Å². The Balaban J connectivity index is 1.85. The van der Waals surface area contributed by atoms with Gasteiger partial charge in [0.1, 0.15) is 0 Å². The fourth-order valence-electron chi connectivity index (χ4n) is 2.31. The van der Waals surface area contributed by atoms with Crippen LogP contribution in [0, 0.1) is 11.8 Å². The summed E-state index contributed by atoms with van der Waals surface area (Å²) >= 11 is 0. The highest BCUT2D eigenvalue weighted by Crippen LogP contribution is 2.41. The number of hydrogen-bond donors (Lipinski definition) is 1. The van der Waals surface area contributed by atoms with Crippen LogP contribution in [0.4, 0.5) is 0 Å². The second-order valence-electron chi connectivity index (χ2n) is 4.83. The van der Waals surface area contributed by atoms with E-state index in [0.29, 0.717) is 18.4 Å². The Morgan fingerprint density at radius 1 is 1.67 bits per heavy atom. The molecule has 2 fully saturated rings. The summed E-state index contributed by atoms with van der Waals surface area (Å²) in [7, 11) is 1.65. The van der Waals surface area contributed by atoms with Crippen LogP contribution in [-0.4, -0.2) is 43.2 Å². The first kappa shape index (κ1) is 10.9. The molecule has 4 atom stereocenters. The molecule has 2 aliphatic rings. The summed E-state index contributed by atoms with van der Waals surface area (Å²) in [5, 5.41) is 0. The van der Waals surface area contributed by atoms with Crippen molar-refractivity contribution in [2.24, 2.45) is 17.6 Å². The Hall–Kier alpha value is -0.610. The third kappa shape index (κ3) is 2.01. The van der Waals surface area contributed by atoms with Crippen LogP contribution in [0.2, 0.25) is 0 Å². The van der Waals surface area contributed by atoms with E-state index in [1.54, 1.807) is 7.11 Å². The molecule has 1 saturated carbocycles. The lowest BCUT2D eigenvalue weighted by Crippen LogP contribution is -2.60. The quantitative estimate of drug-likeness (QED) is 0.725. The van der Waals surface area contributed by atoms with Crippen LogP contribution in [-0.2, 0) is 9.53 Å². The first-order valence-corrected chi connectivity index (χ1v) is 5.70. The fraction of sp³-hybridized carbons (Fsp3) is 0.909. The molecular weight excluding hydrogens is 192 g/mol. The van der Waals surface area contributed by atoms with Gasteiger partial charge in [0.15, 0.2) is 0 Å². The summed E-state index contributed by atoms with van der Waals surface area (Å²) in [6.07, 6.45) is 2.08. The van der Waals surface area contributed by atoms with E-state index in [4.69, 9.17) is 10.5 Å². The largest absolute Gasteiger partial charge is 0.383 e.